The van der Waals surface area contributed by atoms with Gasteiger partial charge in [-0.1, -0.05) is 50.7 Å². The molecule has 6 heteroatoms. The zero-order valence-corrected chi connectivity index (χ0v) is 13.0. The second-order valence-electron chi connectivity index (χ2n) is 3.70. The van der Waals surface area contributed by atoms with E-state index in [0.717, 1.165) is 6.07 Å². The van der Waals surface area contributed by atoms with E-state index in [9.17, 15) is 9.18 Å². The van der Waals surface area contributed by atoms with Crippen molar-refractivity contribution in [1.29, 1.82) is 0 Å². The lowest BCUT2D eigenvalue weighted by Gasteiger charge is -2.08. The maximum atomic E-state index is 13.2. The van der Waals surface area contributed by atoms with Crippen molar-refractivity contribution in [2.75, 3.05) is 0 Å². The maximum Gasteiger partial charge on any atom is 0.197 e. The first-order chi connectivity index (χ1) is 8.90. The Balaban J connectivity index is 2.59. The summed E-state index contributed by atoms with van der Waals surface area (Å²) in [7, 11) is 0. The molecule has 0 saturated heterocycles. The van der Waals surface area contributed by atoms with Gasteiger partial charge >= 0.3 is 0 Å². The van der Waals surface area contributed by atoms with E-state index in [1.807, 2.05) is 0 Å². The van der Waals surface area contributed by atoms with Gasteiger partial charge < -0.3 is 0 Å². The third kappa shape index (κ3) is 3.11. The van der Waals surface area contributed by atoms with E-state index in [4.69, 9.17) is 34.8 Å². The van der Waals surface area contributed by atoms with E-state index in [-0.39, 0.29) is 21.2 Å². The van der Waals surface area contributed by atoms with Gasteiger partial charge in [-0.05, 0) is 30.3 Å². The van der Waals surface area contributed by atoms with Gasteiger partial charge in [-0.25, -0.2) is 4.39 Å². The summed E-state index contributed by atoms with van der Waals surface area (Å²) in [5.74, 6) is -0.995. The summed E-state index contributed by atoms with van der Waals surface area (Å²) >= 11 is 20.9. The van der Waals surface area contributed by atoms with Gasteiger partial charge in [0.25, 0.3) is 0 Å². The topological polar surface area (TPSA) is 17.1 Å². The van der Waals surface area contributed by atoms with Crippen molar-refractivity contribution in [3.63, 3.8) is 0 Å². The first kappa shape index (κ1) is 14.8. The molecular weight excluding hydrogens is 377 g/mol. The van der Waals surface area contributed by atoms with Crippen molar-refractivity contribution >= 4 is 56.5 Å². The molecule has 1 nitrogen and oxygen atoms in total. The van der Waals surface area contributed by atoms with Gasteiger partial charge in [0.15, 0.2) is 5.78 Å². The summed E-state index contributed by atoms with van der Waals surface area (Å²) < 4.78 is 13.7. The van der Waals surface area contributed by atoms with Crippen LogP contribution < -0.4 is 0 Å². The number of hydrogen-bond acceptors (Lipinski definition) is 1. The van der Waals surface area contributed by atoms with Crippen molar-refractivity contribution in [2.24, 2.45) is 0 Å². The predicted molar refractivity (Wildman–Crippen MR) is 79.0 cm³/mol. The molecule has 0 atom stereocenters. The lowest BCUT2D eigenvalue weighted by molar-refractivity contribution is 0.103. The summed E-state index contributed by atoms with van der Waals surface area (Å²) in [6, 6.07) is 6.63. The highest BCUT2D eigenvalue weighted by Crippen LogP contribution is 2.32. The van der Waals surface area contributed by atoms with E-state index in [0.29, 0.717) is 9.50 Å². The van der Waals surface area contributed by atoms with Gasteiger partial charge in [0.2, 0.25) is 0 Å². The molecule has 0 amide bonds. The monoisotopic (exact) mass is 380 g/mol. The maximum absolute atomic E-state index is 13.2. The minimum Gasteiger partial charge on any atom is -0.288 e. The van der Waals surface area contributed by atoms with Gasteiger partial charge in [0, 0.05) is 15.1 Å². The lowest BCUT2D eigenvalue weighted by Crippen LogP contribution is -2.05. The van der Waals surface area contributed by atoms with E-state index < -0.39 is 11.6 Å². The molecule has 2 rings (SSSR count). The molecule has 0 aliphatic rings. The Hall–Kier alpha value is -0.610. The molecule has 0 saturated carbocycles. The van der Waals surface area contributed by atoms with E-state index >= 15 is 0 Å². The molecule has 0 bridgehead atoms. The molecule has 0 radical (unpaired) electrons. The highest BCUT2D eigenvalue weighted by molar-refractivity contribution is 9.10. The highest BCUT2D eigenvalue weighted by Gasteiger charge is 2.20. The third-order valence-corrected chi connectivity index (χ3v) is 3.91. The standard InChI is InChI=1S/C13H5BrCl3FO/c14-9-2-1-7(18)5-8(9)13(19)12-10(16)3-6(15)4-11(12)17/h1-5H. The predicted octanol–water partition coefficient (Wildman–Crippen LogP) is 5.78. The van der Waals surface area contributed by atoms with Crippen LogP contribution in [0.3, 0.4) is 0 Å². The quantitative estimate of drug-likeness (QED) is 0.602. The van der Waals surface area contributed by atoms with Crippen molar-refractivity contribution in [1.82, 2.24) is 0 Å². The highest BCUT2D eigenvalue weighted by atomic mass is 79.9. The first-order valence-corrected chi connectivity index (χ1v) is 6.97. The molecule has 0 aliphatic carbocycles. The fraction of sp³-hybridized carbons (Fsp3) is 0. The molecule has 2 aromatic carbocycles. The van der Waals surface area contributed by atoms with Crippen LogP contribution >= 0.6 is 50.7 Å². The Morgan fingerprint density at radius 1 is 1.05 bits per heavy atom. The summed E-state index contributed by atoms with van der Waals surface area (Å²) in [6.07, 6.45) is 0. The number of hydrogen-bond donors (Lipinski definition) is 0. The molecule has 2 aromatic rings. The SMILES string of the molecule is O=C(c1cc(F)ccc1Br)c1c(Cl)cc(Cl)cc1Cl. The van der Waals surface area contributed by atoms with Crippen LogP contribution in [0.15, 0.2) is 34.8 Å². The Bertz CT molecular complexity index is 650. The Kier molecular flexibility index (Phi) is 4.51. The molecule has 19 heavy (non-hydrogen) atoms. The first-order valence-electron chi connectivity index (χ1n) is 5.04. The van der Waals surface area contributed by atoms with Crippen LogP contribution in [0.1, 0.15) is 15.9 Å². The number of ketones is 1. The van der Waals surface area contributed by atoms with Crippen molar-refractivity contribution in [3.05, 3.63) is 66.8 Å². The summed E-state index contributed by atoms with van der Waals surface area (Å²) in [5.41, 5.74) is 0.241. The van der Waals surface area contributed by atoms with Crippen molar-refractivity contribution in [2.45, 2.75) is 0 Å². The molecule has 0 heterocycles. The summed E-state index contributed by atoms with van der Waals surface area (Å²) in [5, 5.41) is 0.571. The van der Waals surface area contributed by atoms with E-state index in [1.54, 1.807) is 0 Å². The summed E-state index contributed by atoms with van der Waals surface area (Å²) in [6.45, 7) is 0. The van der Waals surface area contributed by atoms with Gasteiger partial charge in [-0.15, -0.1) is 0 Å². The zero-order valence-electron chi connectivity index (χ0n) is 9.18. The second-order valence-corrected chi connectivity index (χ2v) is 5.80. The fourth-order valence-corrected chi connectivity index (χ4v) is 2.98. The van der Waals surface area contributed by atoms with Crippen LogP contribution in [-0.2, 0) is 0 Å². The van der Waals surface area contributed by atoms with Crippen LogP contribution in [0.4, 0.5) is 4.39 Å². The van der Waals surface area contributed by atoms with Crippen molar-refractivity contribution < 1.29 is 9.18 Å². The van der Waals surface area contributed by atoms with Crippen molar-refractivity contribution in [3.8, 4) is 0 Å². The second kappa shape index (κ2) is 5.80. The third-order valence-electron chi connectivity index (χ3n) is 2.41. The van der Waals surface area contributed by atoms with Crippen LogP contribution in [0.2, 0.25) is 15.1 Å². The number of carbonyl (C=O) groups excluding carboxylic acids is 1. The molecule has 0 aliphatic heterocycles. The largest absolute Gasteiger partial charge is 0.288 e. The molecular formula is C13H5BrCl3FO. The van der Waals surface area contributed by atoms with Gasteiger partial charge in [0.05, 0.1) is 15.6 Å². The smallest absolute Gasteiger partial charge is 0.197 e. The van der Waals surface area contributed by atoms with E-state index in [1.165, 1.54) is 24.3 Å². The summed E-state index contributed by atoms with van der Waals surface area (Å²) in [4.78, 5) is 12.4. The van der Waals surface area contributed by atoms with Crippen LogP contribution in [0, 0.1) is 5.82 Å². The Morgan fingerprint density at radius 2 is 1.63 bits per heavy atom. The van der Waals surface area contributed by atoms with Crippen LogP contribution in [0.5, 0.6) is 0 Å². The number of halogens is 5. The van der Waals surface area contributed by atoms with Gasteiger partial charge in [-0.3, -0.25) is 4.79 Å². The number of carbonyl (C=O) groups is 1. The zero-order chi connectivity index (χ0) is 14.2. The molecule has 0 unspecified atom stereocenters. The molecule has 98 valence electrons. The minimum absolute atomic E-state index is 0.0963. The van der Waals surface area contributed by atoms with Gasteiger partial charge in [-0.2, -0.15) is 0 Å². The van der Waals surface area contributed by atoms with Crippen LogP contribution in [0.25, 0.3) is 0 Å². The fourth-order valence-electron chi connectivity index (χ4n) is 1.57. The molecule has 0 N–H and O–H groups in total. The average molecular weight is 382 g/mol. The Labute approximate surface area is 132 Å². The number of benzene rings is 2. The average Bonchev–Trinajstić information content (AvgIpc) is 2.30. The van der Waals surface area contributed by atoms with E-state index in [2.05, 4.69) is 15.9 Å². The molecule has 0 aromatic heterocycles. The number of rotatable bonds is 2. The molecule has 0 spiro atoms. The normalized spacial score (nSPS) is 10.6. The van der Waals surface area contributed by atoms with Gasteiger partial charge in [0.1, 0.15) is 5.82 Å². The lowest BCUT2D eigenvalue weighted by atomic mass is 10.0. The molecule has 0 fully saturated rings. The van der Waals surface area contributed by atoms with Crippen LogP contribution in [-0.4, -0.2) is 5.78 Å². The Morgan fingerprint density at radius 3 is 2.21 bits per heavy atom. The minimum atomic E-state index is -0.521.